The molecule has 0 spiro atoms. The molecule has 3 rings (SSSR count). The molecule has 2 nitrogen and oxygen atoms in total. The van der Waals surface area contributed by atoms with E-state index in [1.807, 2.05) is 0 Å². The molecule has 0 amide bonds. The molecule has 0 aliphatic heterocycles. The highest BCUT2D eigenvalue weighted by Gasteiger charge is 2.25. The van der Waals surface area contributed by atoms with Crippen LogP contribution in [0.25, 0.3) is 0 Å². The summed E-state index contributed by atoms with van der Waals surface area (Å²) in [7, 11) is 1.73. The average Bonchev–Trinajstić information content (AvgIpc) is 2.66. The van der Waals surface area contributed by atoms with E-state index in [0.717, 1.165) is 18.7 Å². The van der Waals surface area contributed by atoms with Crippen molar-refractivity contribution in [2.24, 2.45) is 0 Å². The number of methoxy groups -OCH3 is 1. The fraction of sp³-hybridized carbons (Fsp3) is 0.455. The van der Waals surface area contributed by atoms with Gasteiger partial charge < -0.3 is 10.1 Å². The van der Waals surface area contributed by atoms with Gasteiger partial charge in [-0.1, -0.05) is 55.3 Å². The predicted octanol–water partition coefficient (Wildman–Crippen LogP) is 4.94. The number of rotatable bonds is 7. The molecule has 24 heavy (non-hydrogen) atoms. The summed E-state index contributed by atoms with van der Waals surface area (Å²) in [6.07, 6.45) is 7.65. The highest BCUT2D eigenvalue weighted by atomic mass is 16.5. The Morgan fingerprint density at radius 3 is 2.46 bits per heavy atom. The first-order valence-corrected chi connectivity index (χ1v) is 9.28. The summed E-state index contributed by atoms with van der Waals surface area (Å²) in [4.78, 5) is 0. The number of hydrogen-bond acceptors (Lipinski definition) is 2. The molecular formula is C22H29NO. The minimum Gasteiger partial charge on any atom is -0.497 e. The zero-order valence-corrected chi connectivity index (χ0v) is 14.7. The van der Waals surface area contributed by atoms with Gasteiger partial charge in [-0.3, -0.25) is 0 Å². The fourth-order valence-electron chi connectivity index (χ4n) is 3.85. The highest BCUT2D eigenvalue weighted by molar-refractivity contribution is 5.30. The van der Waals surface area contributed by atoms with Crippen LogP contribution in [-0.2, 0) is 6.42 Å². The van der Waals surface area contributed by atoms with Gasteiger partial charge in [0, 0.05) is 6.04 Å². The molecule has 1 aliphatic rings. The maximum Gasteiger partial charge on any atom is 0.118 e. The van der Waals surface area contributed by atoms with Crippen LogP contribution < -0.4 is 10.1 Å². The zero-order valence-electron chi connectivity index (χ0n) is 14.7. The minimum absolute atomic E-state index is 0.614. The third kappa shape index (κ3) is 4.61. The Labute approximate surface area is 146 Å². The first-order valence-electron chi connectivity index (χ1n) is 9.28. The van der Waals surface area contributed by atoms with Crippen LogP contribution in [0.1, 0.15) is 49.1 Å². The first kappa shape index (κ1) is 17.0. The van der Waals surface area contributed by atoms with Crippen LogP contribution in [0, 0.1) is 0 Å². The molecule has 1 saturated carbocycles. The highest BCUT2D eigenvalue weighted by Crippen LogP contribution is 2.33. The topological polar surface area (TPSA) is 21.3 Å². The summed E-state index contributed by atoms with van der Waals surface area (Å²) in [5, 5.41) is 3.84. The van der Waals surface area contributed by atoms with Crippen molar-refractivity contribution < 1.29 is 4.74 Å². The molecule has 2 atom stereocenters. The van der Waals surface area contributed by atoms with Crippen molar-refractivity contribution in [3.8, 4) is 5.75 Å². The summed E-state index contributed by atoms with van der Waals surface area (Å²) in [6.45, 7) is 1.10. The van der Waals surface area contributed by atoms with Crippen LogP contribution in [0.2, 0.25) is 0 Å². The Hall–Kier alpha value is -1.80. The third-order valence-corrected chi connectivity index (χ3v) is 5.20. The standard InChI is InChI=1S/C22H29NO/c1-24-20-15-13-19(14-16-20)21-11-5-6-12-22(21)23-17-7-10-18-8-3-2-4-9-18/h2-4,8-9,13-16,21-23H,5-7,10-12,17H2,1H3. The molecular weight excluding hydrogens is 294 g/mol. The molecule has 128 valence electrons. The van der Waals surface area contributed by atoms with E-state index in [9.17, 15) is 0 Å². The van der Waals surface area contributed by atoms with Crippen molar-refractivity contribution in [2.45, 2.75) is 50.5 Å². The second-order valence-corrected chi connectivity index (χ2v) is 6.81. The lowest BCUT2D eigenvalue weighted by molar-refractivity contribution is 0.326. The van der Waals surface area contributed by atoms with E-state index in [0.29, 0.717) is 12.0 Å². The molecule has 1 N–H and O–H groups in total. The van der Waals surface area contributed by atoms with Gasteiger partial charge in [0.05, 0.1) is 7.11 Å². The van der Waals surface area contributed by atoms with Crippen molar-refractivity contribution in [1.82, 2.24) is 5.32 Å². The van der Waals surface area contributed by atoms with Crippen LogP contribution in [0.15, 0.2) is 54.6 Å². The molecule has 2 aromatic carbocycles. The quantitative estimate of drug-likeness (QED) is 0.728. The summed E-state index contributed by atoms with van der Waals surface area (Å²) in [5.41, 5.74) is 2.89. The van der Waals surface area contributed by atoms with Crippen LogP contribution in [0.5, 0.6) is 5.75 Å². The molecule has 2 aromatic rings. The van der Waals surface area contributed by atoms with Gasteiger partial charge in [-0.05, 0) is 61.4 Å². The van der Waals surface area contributed by atoms with Crippen LogP contribution in [-0.4, -0.2) is 19.7 Å². The summed E-state index contributed by atoms with van der Waals surface area (Å²) in [5.74, 6) is 1.59. The number of benzene rings is 2. The van der Waals surface area contributed by atoms with Gasteiger partial charge in [-0.15, -0.1) is 0 Å². The second kappa shape index (κ2) is 8.89. The molecule has 0 radical (unpaired) electrons. The van der Waals surface area contributed by atoms with Crippen LogP contribution in [0.4, 0.5) is 0 Å². The molecule has 2 heteroatoms. The maximum absolute atomic E-state index is 5.29. The van der Waals surface area contributed by atoms with Gasteiger partial charge in [0.15, 0.2) is 0 Å². The molecule has 2 unspecified atom stereocenters. The summed E-state index contributed by atoms with van der Waals surface area (Å²) in [6, 6.07) is 20.1. The average molecular weight is 323 g/mol. The summed E-state index contributed by atoms with van der Waals surface area (Å²) >= 11 is 0. The van der Waals surface area contributed by atoms with Crippen LogP contribution >= 0.6 is 0 Å². The van der Waals surface area contributed by atoms with Gasteiger partial charge in [-0.25, -0.2) is 0 Å². The summed E-state index contributed by atoms with van der Waals surface area (Å²) < 4.78 is 5.29. The number of aryl methyl sites for hydroxylation is 1. The predicted molar refractivity (Wildman–Crippen MR) is 101 cm³/mol. The Morgan fingerprint density at radius 1 is 0.958 bits per heavy atom. The van der Waals surface area contributed by atoms with Gasteiger partial charge in [-0.2, -0.15) is 0 Å². The first-order chi connectivity index (χ1) is 11.9. The van der Waals surface area contributed by atoms with E-state index in [4.69, 9.17) is 4.74 Å². The molecule has 0 aromatic heterocycles. The van der Waals surface area contributed by atoms with Crippen molar-refractivity contribution in [2.75, 3.05) is 13.7 Å². The molecule has 0 bridgehead atoms. The van der Waals surface area contributed by atoms with Gasteiger partial charge in [0.2, 0.25) is 0 Å². The lowest BCUT2D eigenvalue weighted by Crippen LogP contribution is -2.37. The Bertz CT molecular complexity index is 593. The Balaban J connectivity index is 1.52. The Morgan fingerprint density at radius 2 is 1.71 bits per heavy atom. The lowest BCUT2D eigenvalue weighted by Gasteiger charge is -2.33. The van der Waals surface area contributed by atoms with E-state index < -0.39 is 0 Å². The van der Waals surface area contributed by atoms with Crippen molar-refractivity contribution in [3.63, 3.8) is 0 Å². The van der Waals surface area contributed by atoms with Crippen molar-refractivity contribution >= 4 is 0 Å². The monoisotopic (exact) mass is 323 g/mol. The van der Waals surface area contributed by atoms with Crippen molar-refractivity contribution in [1.29, 1.82) is 0 Å². The number of nitrogens with one attached hydrogen (secondary N) is 1. The normalized spacial score (nSPS) is 20.7. The van der Waals surface area contributed by atoms with Crippen molar-refractivity contribution in [3.05, 3.63) is 65.7 Å². The van der Waals surface area contributed by atoms with E-state index in [1.54, 1.807) is 7.11 Å². The maximum atomic E-state index is 5.29. The molecule has 1 aliphatic carbocycles. The van der Waals surface area contributed by atoms with Crippen LogP contribution in [0.3, 0.4) is 0 Å². The van der Waals surface area contributed by atoms with Gasteiger partial charge >= 0.3 is 0 Å². The fourth-order valence-corrected chi connectivity index (χ4v) is 3.85. The number of ether oxygens (including phenoxy) is 1. The third-order valence-electron chi connectivity index (χ3n) is 5.20. The minimum atomic E-state index is 0.614. The smallest absolute Gasteiger partial charge is 0.118 e. The largest absolute Gasteiger partial charge is 0.497 e. The Kier molecular flexibility index (Phi) is 6.31. The van der Waals surface area contributed by atoms with Gasteiger partial charge in [0.1, 0.15) is 5.75 Å². The number of hydrogen-bond donors (Lipinski definition) is 1. The van der Waals surface area contributed by atoms with E-state index in [1.165, 1.54) is 43.2 Å². The second-order valence-electron chi connectivity index (χ2n) is 6.81. The molecule has 0 heterocycles. The lowest BCUT2D eigenvalue weighted by atomic mass is 9.80. The zero-order chi connectivity index (χ0) is 16.6. The van der Waals surface area contributed by atoms with E-state index in [2.05, 4.69) is 59.9 Å². The van der Waals surface area contributed by atoms with E-state index >= 15 is 0 Å². The van der Waals surface area contributed by atoms with Gasteiger partial charge in [0.25, 0.3) is 0 Å². The SMILES string of the molecule is COc1ccc(C2CCCCC2NCCCc2ccccc2)cc1. The molecule has 0 saturated heterocycles. The van der Waals surface area contributed by atoms with E-state index in [-0.39, 0.29) is 0 Å². The molecule has 1 fully saturated rings.